The molecule has 0 radical (unpaired) electrons. The van der Waals surface area contributed by atoms with Gasteiger partial charge in [-0.2, -0.15) is 0 Å². The standard InChI is InChI=1S/C23H29NO6/c1-7-28-23(27)19-14(4)20(24-15(19)5)21(25)16(6)30-22(26)17-8-10-18(11-9-17)29-12-13(2)3/h8-11,13,16,24H,7,12H2,1-6H3/t16-/m0/s1. The summed E-state index contributed by atoms with van der Waals surface area (Å²) in [5.41, 5.74) is 1.89. The first kappa shape index (κ1) is 23.2. The summed E-state index contributed by atoms with van der Waals surface area (Å²) < 4.78 is 16.0. The van der Waals surface area contributed by atoms with Crippen molar-refractivity contribution >= 4 is 17.7 Å². The van der Waals surface area contributed by atoms with Gasteiger partial charge in [0, 0.05) is 5.69 Å². The molecule has 2 rings (SSSR count). The van der Waals surface area contributed by atoms with E-state index in [1.54, 1.807) is 45.0 Å². The van der Waals surface area contributed by atoms with Gasteiger partial charge in [0.05, 0.1) is 30.0 Å². The number of aromatic nitrogens is 1. The molecule has 1 heterocycles. The number of benzene rings is 1. The summed E-state index contributed by atoms with van der Waals surface area (Å²) >= 11 is 0. The average Bonchev–Trinajstić information content (AvgIpc) is 3.00. The number of Topliss-reactive ketones (excluding diaryl/α,β-unsaturated/α-hetero) is 1. The number of ether oxygens (including phenoxy) is 3. The Morgan fingerprint density at radius 2 is 1.63 bits per heavy atom. The van der Waals surface area contributed by atoms with Crippen molar-refractivity contribution < 1.29 is 28.6 Å². The Bertz CT molecular complexity index is 911. The second kappa shape index (κ2) is 10.1. The highest BCUT2D eigenvalue weighted by Crippen LogP contribution is 2.21. The lowest BCUT2D eigenvalue weighted by Crippen LogP contribution is -2.25. The van der Waals surface area contributed by atoms with Gasteiger partial charge in [0.15, 0.2) is 6.10 Å². The number of nitrogens with one attached hydrogen (secondary N) is 1. The van der Waals surface area contributed by atoms with Crippen LogP contribution in [0.25, 0.3) is 0 Å². The quantitative estimate of drug-likeness (QED) is 0.485. The first-order valence-electron chi connectivity index (χ1n) is 10.00. The van der Waals surface area contributed by atoms with E-state index in [1.165, 1.54) is 6.92 Å². The molecule has 0 spiro atoms. The van der Waals surface area contributed by atoms with Crippen LogP contribution in [0.4, 0.5) is 0 Å². The maximum atomic E-state index is 12.8. The zero-order valence-electron chi connectivity index (χ0n) is 18.3. The molecule has 162 valence electrons. The fourth-order valence-corrected chi connectivity index (χ4v) is 2.94. The molecule has 1 aromatic heterocycles. The van der Waals surface area contributed by atoms with E-state index < -0.39 is 23.8 Å². The minimum absolute atomic E-state index is 0.230. The van der Waals surface area contributed by atoms with E-state index in [-0.39, 0.29) is 12.3 Å². The van der Waals surface area contributed by atoms with Crippen molar-refractivity contribution in [2.75, 3.05) is 13.2 Å². The Morgan fingerprint density at radius 1 is 1.00 bits per heavy atom. The highest BCUT2D eigenvalue weighted by Gasteiger charge is 2.27. The van der Waals surface area contributed by atoms with E-state index >= 15 is 0 Å². The number of carbonyl (C=O) groups excluding carboxylic acids is 3. The van der Waals surface area contributed by atoms with Gasteiger partial charge in [-0.3, -0.25) is 4.79 Å². The Kier molecular flexibility index (Phi) is 7.80. The molecule has 1 atom stereocenters. The largest absolute Gasteiger partial charge is 0.493 e. The van der Waals surface area contributed by atoms with Crippen LogP contribution in [-0.2, 0) is 9.47 Å². The van der Waals surface area contributed by atoms with Gasteiger partial charge in [0.2, 0.25) is 5.78 Å². The maximum absolute atomic E-state index is 12.8. The molecular weight excluding hydrogens is 386 g/mol. The van der Waals surface area contributed by atoms with Crippen LogP contribution in [0.1, 0.15) is 70.2 Å². The predicted molar refractivity (Wildman–Crippen MR) is 112 cm³/mol. The summed E-state index contributed by atoms with van der Waals surface area (Å²) in [4.78, 5) is 40.3. The summed E-state index contributed by atoms with van der Waals surface area (Å²) in [6.07, 6.45) is -1.03. The van der Waals surface area contributed by atoms with Crippen LogP contribution in [-0.4, -0.2) is 42.0 Å². The predicted octanol–water partition coefficient (Wildman–Crippen LogP) is 4.27. The van der Waals surface area contributed by atoms with Crippen LogP contribution in [0.5, 0.6) is 5.75 Å². The van der Waals surface area contributed by atoms with Crippen LogP contribution in [0.3, 0.4) is 0 Å². The van der Waals surface area contributed by atoms with E-state index in [9.17, 15) is 14.4 Å². The second-order valence-corrected chi connectivity index (χ2v) is 7.49. The molecule has 0 fully saturated rings. The van der Waals surface area contributed by atoms with Crippen molar-refractivity contribution in [1.82, 2.24) is 4.98 Å². The zero-order chi connectivity index (χ0) is 22.4. The van der Waals surface area contributed by atoms with Gasteiger partial charge in [-0.05, 0) is 63.4 Å². The molecule has 0 aliphatic rings. The lowest BCUT2D eigenvalue weighted by atomic mass is 10.1. The monoisotopic (exact) mass is 415 g/mol. The number of esters is 2. The Hall–Kier alpha value is -3.09. The molecule has 7 heteroatoms. The molecule has 0 saturated heterocycles. The highest BCUT2D eigenvalue weighted by molar-refractivity contribution is 6.04. The maximum Gasteiger partial charge on any atom is 0.340 e. The van der Waals surface area contributed by atoms with Crippen molar-refractivity contribution in [3.63, 3.8) is 0 Å². The molecule has 2 aromatic rings. The molecule has 0 saturated carbocycles. The van der Waals surface area contributed by atoms with E-state index in [0.717, 1.165) is 0 Å². The van der Waals surface area contributed by atoms with Crippen molar-refractivity contribution in [2.24, 2.45) is 5.92 Å². The Labute approximate surface area is 176 Å². The molecule has 0 aliphatic carbocycles. The van der Waals surface area contributed by atoms with Crippen LogP contribution >= 0.6 is 0 Å². The second-order valence-electron chi connectivity index (χ2n) is 7.49. The summed E-state index contributed by atoms with van der Waals surface area (Å²) in [6, 6.07) is 6.57. The Balaban J connectivity index is 2.08. The van der Waals surface area contributed by atoms with E-state index in [2.05, 4.69) is 4.98 Å². The number of hydrogen-bond donors (Lipinski definition) is 1. The third kappa shape index (κ3) is 5.49. The van der Waals surface area contributed by atoms with Gasteiger partial charge in [0.1, 0.15) is 5.75 Å². The third-order valence-corrected chi connectivity index (χ3v) is 4.49. The molecule has 0 aliphatic heterocycles. The lowest BCUT2D eigenvalue weighted by molar-refractivity contribution is 0.0316. The third-order valence-electron chi connectivity index (χ3n) is 4.49. The fourth-order valence-electron chi connectivity index (χ4n) is 2.94. The van der Waals surface area contributed by atoms with Gasteiger partial charge < -0.3 is 19.2 Å². The van der Waals surface area contributed by atoms with Gasteiger partial charge >= 0.3 is 11.9 Å². The van der Waals surface area contributed by atoms with Crippen molar-refractivity contribution in [3.8, 4) is 5.75 Å². The molecule has 1 aromatic carbocycles. The summed E-state index contributed by atoms with van der Waals surface area (Å²) in [6.45, 7) is 11.5. The van der Waals surface area contributed by atoms with E-state index in [0.29, 0.717) is 40.7 Å². The van der Waals surface area contributed by atoms with E-state index in [4.69, 9.17) is 14.2 Å². The number of rotatable bonds is 9. The van der Waals surface area contributed by atoms with Crippen LogP contribution in [0, 0.1) is 19.8 Å². The van der Waals surface area contributed by atoms with Crippen LogP contribution < -0.4 is 4.74 Å². The van der Waals surface area contributed by atoms with Gasteiger partial charge in [-0.1, -0.05) is 13.8 Å². The lowest BCUT2D eigenvalue weighted by Gasteiger charge is -2.13. The number of carbonyl (C=O) groups is 3. The molecule has 0 amide bonds. The smallest absolute Gasteiger partial charge is 0.340 e. The summed E-state index contributed by atoms with van der Waals surface area (Å²) in [7, 11) is 0. The van der Waals surface area contributed by atoms with Gasteiger partial charge in [0.25, 0.3) is 0 Å². The van der Waals surface area contributed by atoms with Crippen molar-refractivity contribution in [2.45, 2.75) is 47.6 Å². The average molecular weight is 415 g/mol. The molecule has 0 bridgehead atoms. The fraction of sp³-hybridized carbons (Fsp3) is 0.435. The van der Waals surface area contributed by atoms with Gasteiger partial charge in [-0.25, -0.2) is 9.59 Å². The van der Waals surface area contributed by atoms with Crippen LogP contribution in [0.15, 0.2) is 24.3 Å². The number of aryl methyl sites for hydroxylation is 1. The first-order valence-corrected chi connectivity index (χ1v) is 10.00. The summed E-state index contributed by atoms with van der Waals surface area (Å²) in [5, 5.41) is 0. The van der Waals surface area contributed by atoms with Crippen molar-refractivity contribution in [1.29, 1.82) is 0 Å². The molecule has 7 nitrogen and oxygen atoms in total. The number of H-pyrrole nitrogens is 1. The van der Waals surface area contributed by atoms with Crippen LogP contribution in [0.2, 0.25) is 0 Å². The summed E-state index contributed by atoms with van der Waals surface area (Å²) in [5.74, 6) is -0.472. The molecule has 30 heavy (non-hydrogen) atoms. The van der Waals surface area contributed by atoms with Gasteiger partial charge in [-0.15, -0.1) is 0 Å². The number of ketones is 1. The minimum atomic E-state index is -1.03. The molecular formula is C23H29NO6. The SMILES string of the molecule is CCOC(=O)c1c(C)[nH]c(C(=O)[C@H](C)OC(=O)c2ccc(OCC(C)C)cc2)c1C. The molecule has 0 unspecified atom stereocenters. The van der Waals surface area contributed by atoms with E-state index in [1.807, 2.05) is 13.8 Å². The Morgan fingerprint density at radius 3 is 2.20 bits per heavy atom. The first-order chi connectivity index (χ1) is 14.1. The number of aromatic amines is 1. The normalized spacial score (nSPS) is 11.8. The topological polar surface area (TPSA) is 94.7 Å². The highest BCUT2D eigenvalue weighted by atomic mass is 16.5. The zero-order valence-corrected chi connectivity index (χ0v) is 18.3. The molecule has 1 N–H and O–H groups in total. The number of hydrogen-bond acceptors (Lipinski definition) is 6. The van der Waals surface area contributed by atoms with Crippen molar-refractivity contribution in [3.05, 3.63) is 52.3 Å². The minimum Gasteiger partial charge on any atom is -0.493 e.